The highest BCUT2D eigenvalue weighted by Crippen LogP contribution is 2.44. The number of fused-ring (bicyclic) bond motifs is 6. The number of anilines is 1. The summed E-state index contributed by atoms with van der Waals surface area (Å²) < 4.78 is 78.5. The predicted molar refractivity (Wildman–Crippen MR) is 190 cm³/mol. The highest BCUT2D eigenvalue weighted by atomic mass is 19.3. The summed E-state index contributed by atoms with van der Waals surface area (Å²) in [7, 11) is 3.39. The second kappa shape index (κ2) is 13.6. The van der Waals surface area contributed by atoms with Gasteiger partial charge in [0.2, 0.25) is 6.43 Å². The Morgan fingerprint density at radius 2 is 1.92 bits per heavy atom. The summed E-state index contributed by atoms with van der Waals surface area (Å²) in [6.07, 6.45) is 7.87. The third-order valence-electron chi connectivity index (χ3n) is 11.5. The Kier molecular flexibility index (Phi) is 9.12. The number of piperazine rings is 1. The lowest BCUT2D eigenvalue weighted by Crippen LogP contribution is -2.58. The molecule has 4 aromatic rings. The SMILES string of the molecule is C#Cc1c(F)ccc2cc(OCOC)cc(-c3nc4c5c(nc(OC[C@]6(C)CN(C)CC[C@@H]6C(F)F)nc5c3F)N3C[C@H]5CC[C@H](N5)[C@H]3CCC4)c12. The maximum Gasteiger partial charge on any atom is 0.319 e. The third kappa shape index (κ3) is 5.98. The maximum absolute atomic E-state index is 17.5. The van der Waals surface area contributed by atoms with Crippen molar-refractivity contribution in [3.8, 4) is 35.4 Å². The summed E-state index contributed by atoms with van der Waals surface area (Å²) >= 11 is 0. The first-order valence-corrected chi connectivity index (χ1v) is 18.0. The van der Waals surface area contributed by atoms with Gasteiger partial charge in [0, 0.05) is 60.6 Å². The van der Waals surface area contributed by atoms with Crippen molar-refractivity contribution in [3.05, 3.63) is 47.2 Å². The molecule has 5 atom stereocenters. The Hall–Kier alpha value is -4.25. The highest BCUT2D eigenvalue weighted by Gasteiger charge is 2.45. The molecule has 13 heteroatoms. The summed E-state index contributed by atoms with van der Waals surface area (Å²) in [6, 6.07) is 6.65. The molecule has 0 radical (unpaired) electrons. The van der Waals surface area contributed by atoms with Crippen LogP contribution in [0.4, 0.5) is 23.4 Å². The molecule has 0 amide bonds. The number of rotatable bonds is 8. The van der Waals surface area contributed by atoms with Gasteiger partial charge in [-0.05, 0) is 75.7 Å². The summed E-state index contributed by atoms with van der Waals surface area (Å²) in [6.45, 7) is 3.29. The van der Waals surface area contributed by atoms with E-state index in [1.165, 1.54) is 13.2 Å². The summed E-state index contributed by atoms with van der Waals surface area (Å²) in [4.78, 5) is 18.9. The van der Waals surface area contributed by atoms with Gasteiger partial charge in [0.1, 0.15) is 28.6 Å². The molecule has 0 saturated carbocycles. The molecule has 8 rings (SSSR count). The number of piperidine rings is 1. The van der Waals surface area contributed by atoms with Crippen LogP contribution in [-0.2, 0) is 11.2 Å². The van der Waals surface area contributed by atoms with Crippen LogP contribution in [-0.4, -0.2) is 91.6 Å². The molecule has 0 aliphatic carbocycles. The molecular formula is C39H42F4N6O3. The number of benzene rings is 2. The maximum atomic E-state index is 17.5. The van der Waals surface area contributed by atoms with Crippen LogP contribution in [0, 0.1) is 35.3 Å². The van der Waals surface area contributed by atoms with E-state index >= 15 is 8.78 Å². The van der Waals surface area contributed by atoms with Crippen LogP contribution in [0.5, 0.6) is 11.8 Å². The zero-order valence-corrected chi connectivity index (χ0v) is 29.5. The van der Waals surface area contributed by atoms with Gasteiger partial charge in [-0.2, -0.15) is 9.97 Å². The van der Waals surface area contributed by atoms with Crippen molar-refractivity contribution in [3.63, 3.8) is 0 Å². The number of methoxy groups -OCH3 is 1. The van der Waals surface area contributed by atoms with Crippen molar-refractivity contribution in [2.75, 3.05) is 52.1 Å². The third-order valence-corrected chi connectivity index (χ3v) is 11.5. The van der Waals surface area contributed by atoms with E-state index in [0.717, 1.165) is 25.7 Å². The smallest absolute Gasteiger partial charge is 0.319 e. The number of aromatic nitrogens is 3. The van der Waals surface area contributed by atoms with E-state index in [1.807, 2.05) is 11.9 Å². The minimum Gasteiger partial charge on any atom is -0.468 e. The van der Waals surface area contributed by atoms with Gasteiger partial charge in [0.25, 0.3) is 0 Å². The average Bonchev–Trinajstić information content (AvgIpc) is 3.51. The van der Waals surface area contributed by atoms with Gasteiger partial charge in [-0.15, -0.1) is 6.42 Å². The fourth-order valence-electron chi connectivity index (χ4n) is 9.09. The molecular weight excluding hydrogens is 676 g/mol. The van der Waals surface area contributed by atoms with Crippen molar-refractivity contribution in [2.45, 2.75) is 70.0 Å². The first kappa shape index (κ1) is 34.8. The number of nitrogens with zero attached hydrogens (tertiary/aromatic N) is 5. The number of alkyl halides is 2. The van der Waals surface area contributed by atoms with E-state index in [9.17, 15) is 8.78 Å². The normalized spacial score (nSPS) is 25.9. The second-order valence-electron chi connectivity index (χ2n) is 15.0. The number of likely N-dealkylation sites (tertiary alicyclic amines) is 1. The molecule has 274 valence electrons. The van der Waals surface area contributed by atoms with E-state index in [0.29, 0.717) is 65.9 Å². The number of terminal acetylenes is 1. The topological polar surface area (TPSA) is 84.9 Å². The van der Waals surface area contributed by atoms with Gasteiger partial charge in [-0.1, -0.05) is 18.9 Å². The van der Waals surface area contributed by atoms with Gasteiger partial charge < -0.3 is 29.3 Å². The van der Waals surface area contributed by atoms with Gasteiger partial charge >= 0.3 is 6.01 Å². The molecule has 0 unspecified atom stereocenters. The first-order valence-electron chi connectivity index (χ1n) is 18.0. The molecule has 4 aliphatic rings. The Morgan fingerprint density at radius 3 is 2.71 bits per heavy atom. The predicted octanol–water partition coefficient (Wildman–Crippen LogP) is 6.33. The average molecular weight is 719 g/mol. The largest absolute Gasteiger partial charge is 0.468 e. The van der Waals surface area contributed by atoms with Gasteiger partial charge in [-0.3, -0.25) is 0 Å². The zero-order chi connectivity index (χ0) is 36.3. The minimum absolute atomic E-state index is 0.00196. The number of hydrogen-bond acceptors (Lipinski definition) is 9. The highest BCUT2D eigenvalue weighted by molar-refractivity contribution is 6.03. The number of halogens is 4. The number of hydrogen-bond donors (Lipinski definition) is 1. The van der Waals surface area contributed by atoms with E-state index in [2.05, 4.69) is 21.1 Å². The fraction of sp³-hybridized carbons (Fsp3) is 0.513. The van der Waals surface area contributed by atoms with E-state index in [-0.39, 0.29) is 59.9 Å². The van der Waals surface area contributed by atoms with Crippen LogP contribution in [0.3, 0.4) is 0 Å². The minimum atomic E-state index is -2.52. The first-order chi connectivity index (χ1) is 25.1. The number of aryl methyl sites for hydroxylation is 1. The van der Waals surface area contributed by atoms with Crippen LogP contribution in [0.15, 0.2) is 24.3 Å². The van der Waals surface area contributed by atoms with Crippen molar-refractivity contribution < 1.29 is 31.8 Å². The Labute approximate surface area is 300 Å². The molecule has 1 N–H and O–H groups in total. The lowest BCUT2D eigenvalue weighted by Gasteiger charge is -2.44. The summed E-state index contributed by atoms with van der Waals surface area (Å²) in [5.41, 5.74) is -0.146. The van der Waals surface area contributed by atoms with Crippen molar-refractivity contribution in [1.82, 2.24) is 25.2 Å². The van der Waals surface area contributed by atoms with Gasteiger partial charge in [0.05, 0.1) is 23.3 Å². The zero-order valence-electron chi connectivity index (χ0n) is 29.5. The molecule has 3 saturated heterocycles. The van der Waals surface area contributed by atoms with Crippen LogP contribution in [0.25, 0.3) is 32.9 Å². The van der Waals surface area contributed by atoms with Crippen LogP contribution in [0.2, 0.25) is 0 Å². The molecule has 0 spiro atoms. The Balaban J connectivity index is 1.34. The van der Waals surface area contributed by atoms with Crippen LogP contribution in [0.1, 0.15) is 50.3 Å². The molecule has 2 aromatic carbocycles. The standard InChI is InChI=1S/C39H42F4N6O3/c1-5-24-27(40)11-9-21-15-23(52-20-50-4)16-25(31(21)24)34-33(41)35-32-29(45-34)7-6-8-30-28-12-10-22(44-28)17-49(30)37(32)47-38(46-35)51-19-39(2)18-48(3)14-13-26(39)36(42)43/h1,9,11,15-16,22,26,28,30,36,44H,6-8,10,12-14,17-20H2,2-4H3/t22-,26-,28+,30-,39+/m1/s1. The van der Waals surface area contributed by atoms with Crippen LogP contribution < -0.4 is 19.7 Å². The molecule has 4 aliphatic heterocycles. The van der Waals surface area contributed by atoms with E-state index in [4.69, 9.17) is 30.6 Å². The Morgan fingerprint density at radius 1 is 1.08 bits per heavy atom. The van der Waals surface area contributed by atoms with E-state index in [1.54, 1.807) is 25.1 Å². The quantitative estimate of drug-likeness (QED) is 0.128. The van der Waals surface area contributed by atoms with Crippen molar-refractivity contribution >= 4 is 27.5 Å². The van der Waals surface area contributed by atoms with Gasteiger partial charge in [0.15, 0.2) is 12.6 Å². The van der Waals surface area contributed by atoms with Crippen molar-refractivity contribution in [2.24, 2.45) is 11.3 Å². The Bertz CT molecular complexity index is 2080. The fourth-order valence-corrected chi connectivity index (χ4v) is 9.09. The second-order valence-corrected chi connectivity index (χ2v) is 15.0. The number of nitrogens with one attached hydrogen (secondary N) is 1. The number of pyridine rings is 1. The lowest BCUT2D eigenvalue weighted by molar-refractivity contribution is -0.0679. The summed E-state index contributed by atoms with van der Waals surface area (Å²) in [5.74, 6) is 1.08. The molecule has 3 fully saturated rings. The molecule has 2 aromatic heterocycles. The molecule has 6 heterocycles. The molecule has 2 bridgehead atoms. The monoisotopic (exact) mass is 718 g/mol. The number of ether oxygens (including phenoxy) is 3. The lowest BCUT2D eigenvalue weighted by atomic mass is 9.73. The van der Waals surface area contributed by atoms with Crippen LogP contribution >= 0.6 is 0 Å². The summed E-state index contributed by atoms with van der Waals surface area (Å²) in [5, 5.41) is 5.09. The van der Waals surface area contributed by atoms with Crippen molar-refractivity contribution in [1.29, 1.82) is 0 Å². The molecule has 9 nitrogen and oxygen atoms in total. The van der Waals surface area contributed by atoms with Gasteiger partial charge in [-0.25, -0.2) is 22.5 Å². The van der Waals surface area contributed by atoms with E-state index < -0.39 is 29.4 Å². The molecule has 52 heavy (non-hydrogen) atoms.